The van der Waals surface area contributed by atoms with Crippen LogP contribution < -0.4 is 5.32 Å². The number of fused-ring (bicyclic) bond motifs is 1. The van der Waals surface area contributed by atoms with E-state index in [1.807, 2.05) is 12.1 Å². The van der Waals surface area contributed by atoms with Crippen LogP contribution in [0.15, 0.2) is 29.2 Å². The molecule has 1 aromatic rings. The zero-order chi connectivity index (χ0) is 15.2. The van der Waals surface area contributed by atoms with Crippen molar-refractivity contribution in [3.8, 4) is 0 Å². The van der Waals surface area contributed by atoms with Crippen LogP contribution in [0.3, 0.4) is 0 Å². The lowest BCUT2D eigenvalue weighted by Gasteiger charge is -2.11. The Bertz CT molecular complexity index is 477. The molecule has 0 aromatic heterocycles. The summed E-state index contributed by atoms with van der Waals surface area (Å²) < 4.78 is 11.0. The van der Waals surface area contributed by atoms with Gasteiger partial charge < -0.3 is 14.8 Å². The highest BCUT2D eigenvalue weighted by atomic mass is 32.2. The Morgan fingerprint density at radius 3 is 3.14 bits per heavy atom. The monoisotopic (exact) mass is 321 g/mol. The molecule has 120 valence electrons. The minimum Gasteiger partial charge on any atom is -0.381 e. The highest BCUT2D eigenvalue weighted by molar-refractivity contribution is 8.01. The number of nitrogens with one attached hydrogen (secondary N) is 1. The molecule has 1 fully saturated rings. The van der Waals surface area contributed by atoms with Crippen molar-refractivity contribution >= 4 is 17.7 Å². The lowest BCUT2D eigenvalue weighted by Crippen LogP contribution is -2.33. The molecule has 0 aliphatic carbocycles. The van der Waals surface area contributed by atoms with E-state index in [2.05, 4.69) is 17.4 Å². The first kappa shape index (κ1) is 15.8. The topological polar surface area (TPSA) is 47.6 Å². The summed E-state index contributed by atoms with van der Waals surface area (Å²) in [5.41, 5.74) is 1.29. The van der Waals surface area contributed by atoms with Crippen LogP contribution in [0.25, 0.3) is 0 Å². The van der Waals surface area contributed by atoms with Gasteiger partial charge in [0, 0.05) is 30.6 Å². The van der Waals surface area contributed by atoms with Gasteiger partial charge in [0.05, 0.1) is 18.5 Å². The van der Waals surface area contributed by atoms with E-state index in [1.54, 1.807) is 11.8 Å². The highest BCUT2D eigenvalue weighted by Crippen LogP contribution is 2.36. The quantitative estimate of drug-likeness (QED) is 0.783. The zero-order valence-corrected chi connectivity index (χ0v) is 13.6. The van der Waals surface area contributed by atoms with Crippen molar-refractivity contribution in [1.29, 1.82) is 0 Å². The van der Waals surface area contributed by atoms with Gasteiger partial charge >= 0.3 is 0 Å². The number of hydrogen-bond acceptors (Lipinski definition) is 4. The third-order valence-electron chi connectivity index (χ3n) is 4.08. The van der Waals surface area contributed by atoms with Gasteiger partial charge in [-0.15, -0.1) is 11.8 Å². The maximum absolute atomic E-state index is 12.2. The van der Waals surface area contributed by atoms with Gasteiger partial charge in [-0.25, -0.2) is 0 Å². The van der Waals surface area contributed by atoms with Crippen LogP contribution in [0.5, 0.6) is 0 Å². The van der Waals surface area contributed by atoms with E-state index in [9.17, 15) is 4.79 Å². The average molecular weight is 321 g/mol. The fourth-order valence-corrected chi connectivity index (χ4v) is 4.01. The summed E-state index contributed by atoms with van der Waals surface area (Å²) in [7, 11) is 0. The summed E-state index contributed by atoms with van der Waals surface area (Å²) in [5, 5.41) is 3.05. The second kappa shape index (κ2) is 7.99. The first-order valence-electron chi connectivity index (χ1n) is 8.00. The van der Waals surface area contributed by atoms with Crippen LogP contribution in [0, 0.1) is 5.92 Å². The third-order valence-corrected chi connectivity index (χ3v) is 5.40. The van der Waals surface area contributed by atoms with Gasteiger partial charge in [-0.2, -0.15) is 0 Å². The molecular weight excluding hydrogens is 298 g/mol. The summed E-state index contributed by atoms with van der Waals surface area (Å²) in [6, 6.07) is 8.26. The molecule has 0 unspecified atom stereocenters. The summed E-state index contributed by atoms with van der Waals surface area (Å²) in [6.45, 7) is 3.87. The van der Waals surface area contributed by atoms with Gasteiger partial charge in [0.1, 0.15) is 0 Å². The standard InChI is InChI=1S/C17H23NO3S/c19-17(16-10-14-4-1-2-5-15(14)22-16)18-7-3-8-20-11-13-6-9-21-12-13/h1-2,4-5,13,16H,3,6-12H2,(H,18,19)/t13-,16+/m1/s1. The number of benzene rings is 1. The van der Waals surface area contributed by atoms with Gasteiger partial charge in [0.25, 0.3) is 0 Å². The smallest absolute Gasteiger partial charge is 0.233 e. The molecule has 1 saturated heterocycles. The number of rotatable bonds is 7. The minimum atomic E-state index is 0.0222. The van der Waals surface area contributed by atoms with Crippen molar-refractivity contribution in [1.82, 2.24) is 5.32 Å². The molecule has 1 N–H and O–H groups in total. The number of thioether (sulfide) groups is 1. The van der Waals surface area contributed by atoms with E-state index in [-0.39, 0.29) is 11.2 Å². The molecule has 2 atom stereocenters. The first-order chi connectivity index (χ1) is 10.8. The van der Waals surface area contributed by atoms with E-state index in [1.165, 1.54) is 10.5 Å². The van der Waals surface area contributed by atoms with Crippen LogP contribution in [-0.4, -0.2) is 44.1 Å². The van der Waals surface area contributed by atoms with Crippen LogP contribution in [-0.2, 0) is 20.7 Å². The number of carbonyl (C=O) groups is 1. The lowest BCUT2D eigenvalue weighted by molar-refractivity contribution is -0.120. The van der Waals surface area contributed by atoms with Crippen LogP contribution >= 0.6 is 11.8 Å². The van der Waals surface area contributed by atoms with E-state index in [0.717, 1.165) is 39.1 Å². The summed E-state index contributed by atoms with van der Waals surface area (Å²) in [5.74, 6) is 0.702. The zero-order valence-electron chi connectivity index (χ0n) is 12.8. The maximum Gasteiger partial charge on any atom is 0.233 e. The van der Waals surface area contributed by atoms with Crippen molar-refractivity contribution in [2.24, 2.45) is 5.92 Å². The lowest BCUT2D eigenvalue weighted by atomic mass is 10.1. The van der Waals surface area contributed by atoms with Gasteiger partial charge in [0.15, 0.2) is 0 Å². The van der Waals surface area contributed by atoms with Gasteiger partial charge in [-0.1, -0.05) is 18.2 Å². The van der Waals surface area contributed by atoms with Crippen molar-refractivity contribution in [2.45, 2.75) is 29.4 Å². The first-order valence-corrected chi connectivity index (χ1v) is 8.88. The molecule has 4 nitrogen and oxygen atoms in total. The molecule has 2 aliphatic rings. The number of ether oxygens (including phenoxy) is 2. The van der Waals surface area contributed by atoms with E-state index >= 15 is 0 Å². The molecule has 22 heavy (non-hydrogen) atoms. The fourth-order valence-electron chi connectivity index (χ4n) is 2.79. The normalized spacial score (nSPS) is 23.5. The van der Waals surface area contributed by atoms with Crippen LogP contribution in [0.2, 0.25) is 0 Å². The molecule has 0 saturated carbocycles. The summed E-state index contributed by atoms with van der Waals surface area (Å²) in [6.07, 6.45) is 2.81. The maximum atomic E-state index is 12.2. The molecule has 1 amide bonds. The Morgan fingerprint density at radius 2 is 2.32 bits per heavy atom. The van der Waals surface area contributed by atoms with E-state index < -0.39 is 0 Å². The van der Waals surface area contributed by atoms with Crippen molar-refractivity contribution in [3.05, 3.63) is 29.8 Å². The summed E-state index contributed by atoms with van der Waals surface area (Å²) in [4.78, 5) is 13.4. The van der Waals surface area contributed by atoms with Crippen molar-refractivity contribution in [3.63, 3.8) is 0 Å². The van der Waals surface area contributed by atoms with Crippen LogP contribution in [0.4, 0.5) is 0 Å². The predicted octanol–water partition coefficient (Wildman–Crippen LogP) is 2.26. The van der Waals surface area contributed by atoms with Gasteiger partial charge in [-0.05, 0) is 30.9 Å². The SMILES string of the molecule is O=C(NCCCOC[C@H]1CCOC1)[C@@H]1Cc2ccccc2S1. The molecule has 2 heterocycles. The molecule has 5 heteroatoms. The molecule has 0 bridgehead atoms. The number of hydrogen-bond donors (Lipinski definition) is 1. The van der Waals surface area contributed by atoms with E-state index in [0.29, 0.717) is 19.1 Å². The third kappa shape index (κ3) is 4.24. The summed E-state index contributed by atoms with van der Waals surface area (Å²) >= 11 is 1.67. The number of amides is 1. The second-order valence-electron chi connectivity index (χ2n) is 5.87. The Kier molecular flexibility index (Phi) is 5.76. The Morgan fingerprint density at radius 1 is 1.41 bits per heavy atom. The minimum absolute atomic E-state index is 0.0222. The van der Waals surface area contributed by atoms with Crippen molar-refractivity contribution in [2.75, 3.05) is 33.0 Å². The predicted molar refractivity (Wildman–Crippen MR) is 87.2 cm³/mol. The highest BCUT2D eigenvalue weighted by Gasteiger charge is 2.27. The molecule has 0 spiro atoms. The van der Waals surface area contributed by atoms with Crippen molar-refractivity contribution < 1.29 is 14.3 Å². The van der Waals surface area contributed by atoms with E-state index in [4.69, 9.17) is 9.47 Å². The molecule has 0 radical (unpaired) electrons. The molecule has 1 aromatic carbocycles. The van der Waals surface area contributed by atoms with Crippen LogP contribution in [0.1, 0.15) is 18.4 Å². The molecular formula is C17H23NO3S. The molecule has 3 rings (SSSR count). The average Bonchev–Trinajstić information content (AvgIpc) is 3.19. The number of carbonyl (C=O) groups excluding carboxylic acids is 1. The van der Waals surface area contributed by atoms with Gasteiger partial charge in [0.2, 0.25) is 5.91 Å². The molecule has 2 aliphatic heterocycles. The Balaban J connectivity index is 1.27. The Hall–Kier alpha value is -1.04. The Labute approximate surface area is 135 Å². The largest absolute Gasteiger partial charge is 0.381 e. The van der Waals surface area contributed by atoms with Gasteiger partial charge in [-0.3, -0.25) is 4.79 Å². The second-order valence-corrected chi connectivity index (χ2v) is 7.11. The fraction of sp³-hybridized carbons (Fsp3) is 0.588.